The molecule has 22 heavy (non-hydrogen) atoms. The number of primary amides is 1. The van der Waals surface area contributed by atoms with Crippen molar-refractivity contribution in [2.75, 3.05) is 6.54 Å². The average Bonchev–Trinajstić information content (AvgIpc) is 2.50. The van der Waals surface area contributed by atoms with Gasteiger partial charge in [-0.1, -0.05) is 32.9 Å². The van der Waals surface area contributed by atoms with Crippen molar-refractivity contribution < 1.29 is 14.4 Å². The Labute approximate surface area is 130 Å². The molecule has 0 aromatic heterocycles. The van der Waals surface area contributed by atoms with E-state index in [1.165, 1.54) is 0 Å². The Morgan fingerprint density at radius 1 is 1.14 bits per heavy atom. The van der Waals surface area contributed by atoms with E-state index in [0.717, 1.165) is 12.0 Å². The number of benzene rings is 1. The van der Waals surface area contributed by atoms with Crippen molar-refractivity contribution in [2.24, 2.45) is 11.7 Å². The highest BCUT2D eigenvalue weighted by Crippen LogP contribution is 2.05. The summed E-state index contributed by atoms with van der Waals surface area (Å²) in [5.41, 5.74) is 6.87. The van der Waals surface area contributed by atoms with Crippen molar-refractivity contribution >= 4 is 17.7 Å². The number of hydrogen-bond acceptors (Lipinski definition) is 3. The monoisotopic (exact) mass is 305 g/mol. The lowest BCUT2D eigenvalue weighted by molar-refractivity contribution is -0.129. The zero-order chi connectivity index (χ0) is 16.7. The molecule has 0 bridgehead atoms. The fourth-order valence-electron chi connectivity index (χ4n) is 1.75. The number of nitrogens with one attached hydrogen (secondary N) is 2. The summed E-state index contributed by atoms with van der Waals surface area (Å²) in [7, 11) is 0. The number of nitrogens with two attached hydrogens (primary N) is 1. The summed E-state index contributed by atoms with van der Waals surface area (Å²) in [5, 5.41) is 5.12. The van der Waals surface area contributed by atoms with Crippen molar-refractivity contribution in [3.63, 3.8) is 0 Å². The fraction of sp³-hybridized carbons (Fsp3) is 0.438. The molecule has 0 aliphatic rings. The van der Waals surface area contributed by atoms with Gasteiger partial charge in [0.15, 0.2) is 0 Å². The smallest absolute Gasteiger partial charge is 0.251 e. The Hall–Kier alpha value is -2.37. The SMILES string of the molecule is CCc1ccc(C(=O)NC[C@H](NC(=O)C(C)C)C(N)=O)cc1. The van der Waals surface area contributed by atoms with Crippen molar-refractivity contribution in [1.29, 1.82) is 0 Å². The van der Waals surface area contributed by atoms with Gasteiger partial charge in [-0.25, -0.2) is 0 Å². The third-order valence-corrected chi connectivity index (χ3v) is 3.28. The topological polar surface area (TPSA) is 101 Å². The van der Waals surface area contributed by atoms with Gasteiger partial charge in [-0.2, -0.15) is 0 Å². The summed E-state index contributed by atoms with van der Waals surface area (Å²) in [6.07, 6.45) is 0.896. The number of hydrogen-bond donors (Lipinski definition) is 3. The van der Waals surface area contributed by atoms with Crippen LogP contribution in [0.15, 0.2) is 24.3 Å². The van der Waals surface area contributed by atoms with E-state index in [-0.39, 0.29) is 24.3 Å². The molecule has 1 rings (SSSR count). The highest BCUT2D eigenvalue weighted by atomic mass is 16.2. The standard InChI is InChI=1S/C16H23N3O3/c1-4-11-5-7-12(8-6-11)16(22)18-9-13(14(17)20)19-15(21)10(2)3/h5-8,10,13H,4,9H2,1-3H3,(H2,17,20)(H,18,22)(H,19,21)/t13-/m0/s1. The Bertz CT molecular complexity index is 538. The van der Waals surface area contributed by atoms with E-state index in [2.05, 4.69) is 10.6 Å². The first-order valence-electron chi connectivity index (χ1n) is 7.32. The Morgan fingerprint density at radius 2 is 1.73 bits per heavy atom. The zero-order valence-electron chi connectivity index (χ0n) is 13.2. The molecule has 1 aromatic carbocycles. The molecule has 0 heterocycles. The second-order valence-corrected chi connectivity index (χ2v) is 5.38. The summed E-state index contributed by atoms with van der Waals surface area (Å²) in [6.45, 7) is 5.41. The van der Waals surface area contributed by atoms with Gasteiger partial charge in [0.1, 0.15) is 6.04 Å². The minimum atomic E-state index is -0.922. The molecule has 0 aliphatic heterocycles. The molecule has 1 aromatic rings. The maximum Gasteiger partial charge on any atom is 0.251 e. The zero-order valence-corrected chi connectivity index (χ0v) is 13.2. The molecule has 0 saturated carbocycles. The van der Waals surface area contributed by atoms with Crippen LogP contribution in [0.5, 0.6) is 0 Å². The number of aryl methyl sites for hydroxylation is 1. The van der Waals surface area contributed by atoms with Gasteiger partial charge in [0.25, 0.3) is 5.91 Å². The van der Waals surface area contributed by atoms with Crippen molar-refractivity contribution in [3.8, 4) is 0 Å². The molecule has 6 nitrogen and oxygen atoms in total. The normalized spacial score (nSPS) is 11.8. The molecule has 4 N–H and O–H groups in total. The molecule has 0 spiro atoms. The minimum Gasteiger partial charge on any atom is -0.368 e. The number of carbonyl (C=O) groups is 3. The van der Waals surface area contributed by atoms with Gasteiger partial charge in [0.2, 0.25) is 11.8 Å². The van der Waals surface area contributed by atoms with E-state index in [1.54, 1.807) is 26.0 Å². The summed E-state index contributed by atoms with van der Waals surface area (Å²) < 4.78 is 0. The predicted molar refractivity (Wildman–Crippen MR) is 84.1 cm³/mol. The molecule has 6 heteroatoms. The van der Waals surface area contributed by atoms with Crippen LogP contribution in [0, 0.1) is 5.92 Å². The third-order valence-electron chi connectivity index (χ3n) is 3.28. The molecule has 0 aliphatic carbocycles. The second kappa shape index (κ2) is 8.17. The summed E-state index contributed by atoms with van der Waals surface area (Å²) in [6, 6.07) is 6.27. The van der Waals surface area contributed by atoms with Crippen LogP contribution in [0.2, 0.25) is 0 Å². The predicted octanol–water partition coefficient (Wildman–Crippen LogP) is 0.605. The van der Waals surface area contributed by atoms with Crippen LogP contribution in [0.4, 0.5) is 0 Å². The molecule has 3 amide bonds. The van der Waals surface area contributed by atoms with Gasteiger partial charge in [0.05, 0.1) is 0 Å². The maximum atomic E-state index is 12.0. The molecule has 0 radical (unpaired) electrons. The van der Waals surface area contributed by atoms with Gasteiger partial charge in [-0.05, 0) is 24.1 Å². The van der Waals surface area contributed by atoms with Gasteiger partial charge in [0, 0.05) is 18.0 Å². The first kappa shape index (κ1) is 17.7. The van der Waals surface area contributed by atoms with Crippen LogP contribution in [0.1, 0.15) is 36.7 Å². The van der Waals surface area contributed by atoms with Gasteiger partial charge < -0.3 is 16.4 Å². The molecule has 120 valence electrons. The molecule has 0 unspecified atom stereocenters. The highest BCUT2D eigenvalue weighted by Gasteiger charge is 2.20. The first-order chi connectivity index (χ1) is 10.3. The van der Waals surface area contributed by atoms with Crippen LogP contribution >= 0.6 is 0 Å². The minimum absolute atomic E-state index is 0.0395. The molecular formula is C16H23N3O3. The average molecular weight is 305 g/mol. The molecule has 0 saturated heterocycles. The molecule has 1 atom stereocenters. The van der Waals surface area contributed by atoms with Crippen LogP contribution < -0.4 is 16.4 Å². The Balaban J connectivity index is 2.61. The molecule has 0 fully saturated rings. The van der Waals surface area contributed by atoms with E-state index < -0.39 is 11.9 Å². The van der Waals surface area contributed by atoms with Crippen LogP contribution in [-0.2, 0) is 16.0 Å². The largest absolute Gasteiger partial charge is 0.368 e. The van der Waals surface area contributed by atoms with Crippen molar-refractivity contribution in [2.45, 2.75) is 33.2 Å². The van der Waals surface area contributed by atoms with Gasteiger partial charge in [-0.15, -0.1) is 0 Å². The van der Waals surface area contributed by atoms with Crippen LogP contribution in [0.3, 0.4) is 0 Å². The van der Waals surface area contributed by atoms with Gasteiger partial charge in [-0.3, -0.25) is 14.4 Å². The first-order valence-corrected chi connectivity index (χ1v) is 7.32. The number of carbonyl (C=O) groups excluding carboxylic acids is 3. The van der Waals surface area contributed by atoms with Crippen molar-refractivity contribution in [3.05, 3.63) is 35.4 Å². The summed E-state index contributed by atoms with van der Waals surface area (Å²) in [5.74, 6) is -1.55. The highest BCUT2D eigenvalue weighted by molar-refractivity contribution is 5.95. The Kier molecular flexibility index (Phi) is 6.56. The summed E-state index contributed by atoms with van der Waals surface area (Å²) >= 11 is 0. The van der Waals surface area contributed by atoms with E-state index in [4.69, 9.17) is 5.73 Å². The maximum absolute atomic E-state index is 12.0. The number of rotatable bonds is 7. The van der Waals surface area contributed by atoms with Crippen molar-refractivity contribution in [1.82, 2.24) is 10.6 Å². The van der Waals surface area contributed by atoms with E-state index in [1.807, 2.05) is 19.1 Å². The van der Waals surface area contributed by atoms with Crippen LogP contribution in [0.25, 0.3) is 0 Å². The molecular weight excluding hydrogens is 282 g/mol. The van der Waals surface area contributed by atoms with Gasteiger partial charge >= 0.3 is 0 Å². The Morgan fingerprint density at radius 3 is 2.18 bits per heavy atom. The lowest BCUT2D eigenvalue weighted by Crippen LogP contribution is -2.52. The quantitative estimate of drug-likeness (QED) is 0.687. The van der Waals surface area contributed by atoms with E-state index >= 15 is 0 Å². The van der Waals surface area contributed by atoms with E-state index in [9.17, 15) is 14.4 Å². The second-order valence-electron chi connectivity index (χ2n) is 5.38. The van der Waals surface area contributed by atoms with Crippen LogP contribution in [-0.4, -0.2) is 30.3 Å². The van der Waals surface area contributed by atoms with E-state index in [0.29, 0.717) is 5.56 Å². The lowest BCUT2D eigenvalue weighted by atomic mass is 10.1. The number of amides is 3. The third kappa shape index (κ3) is 5.20. The lowest BCUT2D eigenvalue weighted by Gasteiger charge is -2.17. The fourth-order valence-corrected chi connectivity index (χ4v) is 1.75. The summed E-state index contributed by atoms with van der Waals surface area (Å²) in [4.78, 5) is 35.0.